The average Bonchev–Trinajstić information content (AvgIpc) is 1.51. The molecule has 2 nitrogen and oxygen atoms in total. The molecule has 0 aromatic heterocycles. The van der Waals surface area contributed by atoms with Gasteiger partial charge in [0.05, 0.1) is 22.2 Å². The number of nitrogens with zero attached hydrogens (tertiary/aromatic N) is 2. The van der Waals surface area contributed by atoms with E-state index in [0.717, 1.165) is 89.8 Å². The van der Waals surface area contributed by atoms with Crippen LogP contribution in [0.25, 0.3) is 165 Å². The van der Waals surface area contributed by atoms with Crippen molar-refractivity contribution in [1.29, 1.82) is 0 Å². The first-order chi connectivity index (χ1) is 63.5. The molecule has 0 bridgehead atoms. The molecule has 0 unspecified atom stereocenters. The molecule has 26 rings (SSSR count). The van der Waals surface area contributed by atoms with Crippen molar-refractivity contribution in [2.75, 3.05) is 9.80 Å². The highest BCUT2D eigenvalue weighted by molar-refractivity contribution is 6.07. The summed E-state index contributed by atoms with van der Waals surface area (Å²) in [6.45, 7) is 0. The molecule has 22 aromatic rings. The Bertz CT molecular complexity index is 8250. The monoisotopic (exact) mass is 1620 g/mol. The smallest absolute Gasteiger partial charge is 0.0726 e. The standard InChI is InChI=1S/C126H80N2/c1-3-30-87-73-91(62-59-81(87)27-1)89-34-21-36-99(78-89)127(121-57-25-55-119-123(121)110-45-13-19-53-117(110)125(119)113-49-15-9-41-106(113)107-42-10-16-50-114(107)125)97-69-65-83(66-70-97)94-75-95(92-63-60-82-28-2-4-31-88(82)74-92)77-96(76-94)103-47-23-33-85-61-64-93(80-112(85)103)90-35-22-37-100(79-90)128(98-71-67-86(68-72-98)102-39-7-8-40-104(102)105-48-24-32-84-29-5-6-38-101(84)105)122-58-26-56-120-124(122)111-46-14-20-54-118(111)126(120)115-51-17-11-43-108(115)109-44-12-18-52-116(109)126/h1-80H. The Balaban J connectivity index is 0.620. The van der Waals surface area contributed by atoms with Gasteiger partial charge >= 0.3 is 0 Å². The quantitative estimate of drug-likeness (QED) is 0.114. The van der Waals surface area contributed by atoms with Crippen molar-refractivity contribution in [1.82, 2.24) is 0 Å². The van der Waals surface area contributed by atoms with Crippen LogP contribution in [0, 0.1) is 0 Å². The molecule has 0 saturated carbocycles. The fourth-order valence-electron chi connectivity index (χ4n) is 22.7. The second kappa shape index (κ2) is 29.1. The van der Waals surface area contributed by atoms with Gasteiger partial charge in [0, 0.05) is 33.9 Å². The van der Waals surface area contributed by atoms with Crippen molar-refractivity contribution >= 4 is 77.2 Å². The number of hydrogen-bond donors (Lipinski definition) is 0. The summed E-state index contributed by atoms with van der Waals surface area (Å²) in [5.41, 5.74) is 42.3. The van der Waals surface area contributed by atoms with Crippen LogP contribution >= 0.6 is 0 Å². The van der Waals surface area contributed by atoms with Gasteiger partial charge in [-0.25, -0.2) is 0 Å². The molecule has 0 aliphatic heterocycles. The SMILES string of the molecule is c1cc(-c2ccc3ccccc3c2)cc(N(c2ccc(-c3cc(-c4ccc5ccccc5c4)cc(-c4cccc5ccc(-c6cccc(N(c7ccc(-c8ccccc8-c8cccc9ccccc89)cc7)c7cccc8c7-c7ccccc7C87c8ccccc8-c8ccccc87)c6)cc45)c3)cc2)c2cccc3c2-c2ccccc2C32c3ccccc3-c3ccccc32)c1. The Labute approximate surface area is 744 Å². The van der Waals surface area contributed by atoms with Crippen molar-refractivity contribution < 1.29 is 0 Å². The van der Waals surface area contributed by atoms with Gasteiger partial charge in [-0.05, 0) is 296 Å². The molecule has 0 radical (unpaired) electrons. The second-order valence-electron chi connectivity index (χ2n) is 34.8. The summed E-state index contributed by atoms with van der Waals surface area (Å²) in [5, 5.41) is 9.67. The maximum absolute atomic E-state index is 2.53. The van der Waals surface area contributed by atoms with Crippen molar-refractivity contribution in [2.45, 2.75) is 10.8 Å². The minimum absolute atomic E-state index is 0.519. The highest BCUT2D eigenvalue weighted by Gasteiger charge is 2.54. The highest BCUT2D eigenvalue weighted by Crippen LogP contribution is 2.67. The molecule has 0 N–H and O–H groups in total. The van der Waals surface area contributed by atoms with Gasteiger partial charge in [-0.3, -0.25) is 0 Å². The summed E-state index contributed by atoms with van der Waals surface area (Å²) >= 11 is 0. The first-order valence-electron chi connectivity index (χ1n) is 44.6. The fourth-order valence-corrected chi connectivity index (χ4v) is 22.7. The Morgan fingerprint density at radius 1 is 0.133 bits per heavy atom. The van der Waals surface area contributed by atoms with Crippen molar-refractivity contribution in [3.8, 4) is 122 Å². The van der Waals surface area contributed by atoms with Gasteiger partial charge in [0.25, 0.3) is 0 Å². The largest absolute Gasteiger partial charge is 0.310 e. The molecule has 594 valence electrons. The van der Waals surface area contributed by atoms with E-state index >= 15 is 0 Å². The van der Waals surface area contributed by atoms with Crippen LogP contribution in [-0.4, -0.2) is 0 Å². The number of hydrogen-bond acceptors (Lipinski definition) is 2. The zero-order valence-corrected chi connectivity index (χ0v) is 70.1. The minimum Gasteiger partial charge on any atom is -0.310 e. The molecule has 4 aliphatic carbocycles. The third-order valence-corrected chi connectivity index (χ3v) is 28.2. The number of fused-ring (bicyclic) bond motifs is 24. The van der Waals surface area contributed by atoms with Gasteiger partial charge in [0.1, 0.15) is 0 Å². The minimum atomic E-state index is -0.530. The summed E-state index contributed by atoms with van der Waals surface area (Å²) < 4.78 is 0. The summed E-state index contributed by atoms with van der Waals surface area (Å²) in [5.74, 6) is 0. The normalized spacial score (nSPS) is 13.0. The molecular weight excluding hydrogens is 1540 g/mol. The van der Waals surface area contributed by atoms with Crippen LogP contribution < -0.4 is 9.80 Å². The Kier molecular flexibility index (Phi) is 16.6. The third kappa shape index (κ3) is 11.1. The van der Waals surface area contributed by atoms with E-state index < -0.39 is 10.8 Å². The van der Waals surface area contributed by atoms with Gasteiger partial charge in [-0.15, -0.1) is 0 Å². The maximum Gasteiger partial charge on any atom is 0.0726 e. The lowest BCUT2D eigenvalue weighted by Gasteiger charge is -2.32. The van der Waals surface area contributed by atoms with Crippen LogP contribution in [0.5, 0.6) is 0 Å². The predicted molar refractivity (Wildman–Crippen MR) is 536 cm³/mol. The molecule has 2 heteroatoms. The van der Waals surface area contributed by atoms with Gasteiger partial charge in [-0.2, -0.15) is 0 Å². The predicted octanol–water partition coefficient (Wildman–Crippen LogP) is 33.6. The summed E-state index contributed by atoms with van der Waals surface area (Å²) in [4.78, 5) is 5.05. The van der Waals surface area contributed by atoms with Crippen LogP contribution in [0.1, 0.15) is 44.5 Å². The van der Waals surface area contributed by atoms with E-state index in [1.54, 1.807) is 0 Å². The Morgan fingerprint density at radius 2 is 0.445 bits per heavy atom. The zero-order valence-electron chi connectivity index (χ0n) is 70.1. The van der Waals surface area contributed by atoms with Crippen LogP contribution in [-0.2, 0) is 10.8 Å². The molecule has 2 spiro atoms. The van der Waals surface area contributed by atoms with Crippen molar-refractivity contribution in [3.63, 3.8) is 0 Å². The number of benzene rings is 22. The van der Waals surface area contributed by atoms with Gasteiger partial charge < -0.3 is 9.80 Å². The number of anilines is 6. The maximum atomic E-state index is 2.53. The summed E-state index contributed by atoms with van der Waals surface area (Å²) in [6.07, 6.45) is 0. The van der Waals surface area contributed by atoms with Crippen LogP contribution in [0.15, 0.2) is 485 Å². The van der Waals surface area contributed by atoms with E-state index in [4.69, 9.17) is 0 Å². The van der Waals surface area contributed by atoms with Crippen molar-refractivity contribution in [3.05, 3.63) is 530 Å². The van der Waals surface area contributed by atoms with E-state index in [2.05, 4.69) is 495 Å². The molecule has 4 aliphatic rings. The Hall–Kier alpha value is -16.5. The van der Waals surface area contributed by atoms with E-state index in [1.165, 1.54) is 154 Å². The fraction of sp³-hybridized carbons (Fsp3) is 0.0159. The summed E-state index contributed by atoms with van der Waals surface area (Å²) in [6, 6.07) is 183. The lowest BCUT2D eigenvalue weighted by molar-refractivity contribution is 0.794. The summed E-state index contributed by atoms with van der Waals surface area (Å²) in [7, 11) is 0. The van der Waals surface area contributed by atoms with Crippen molar-refractivity contribution in [2.24, 2.45) is 0 Å². The molecule has 0 amide bonds. The van der Waals surface area contributed by atoms with Crippen LogP contribution in [0.4, 0.5) is 34.1 Å². The third-order valence-electron chi connectivity index (χ3n) is 28.2. The van der Waals surface area contributed by atoms with Gasteiger partial charge in [0.15, 0.2) is 0 Å². The highest BCUT2D eigenvalue weighted by atomic mass is 15.2. The van der Waals surface area contributed by atoms with E-state index in [-0.39, 0.29) is 0 Å². The van der Waals surface area contributed by atoms with Crippen LogP contribution in [0.2, 0.25) is 0 Å². The van der Waals surface area contributed by atoms with Gasteiger partial charge in [-0.1, -0.05) is 388 Å². The van der Waals surface area contributed by atoms with Crippen LogP contribution in [0.3, 0.4) is 0 Å². The lowest BCUT2D eigenvalue weighted by Crippen LogP contribution is -2.26. The molecule has 0 saturated heterocycles. The molecule has 22 aromatic carbocycles. The topological polar surface area (TPSA) is 6.48 Å². The second-order valence-corrected chi connectivity index (χ2v) is 34.8. The van der Waals surface area contributed by atoms with E-state index in [9.17, 15) is 0 Å². The molecular formula is C126H80N2. The molecule has 0 heterocycles. The number of rotatable bonds is 13. The zero-order chi connectivity index (χ0) is 84.1. The lowest BCUT2D eigenvalue weighted by atomic mass is 9.70. The first kappa shape index (κ1) is 73.1. The van der Waals surface area contributed by atoms with E-state index in [0.29, 0.717) is 0 Å². The molecule has 128 heavy (non-hydrogen) atoms. The Morgan fingerprint density at radius 3 is 0.945 bits per heavy atom. The average molecular weight is 1620 g/mol. The molecule has 0 fully saturated rings. The first-order valence-corrected chi connectivity index (χ1v) is 44.6. The molecule has 0 atom stereocenters. The van der Waals surface area contributed by atoms with Gasteiger partial charge in [0.2, 0.25) is 0 Å². The van der Waals surface area contributed by atoms with E-state index in [1.807, 2.05) is 0 Å².